The highest BCUT2D eigenvalue weighted by atomic mass is 16.5. The summed E-state index contributed by atoms with van der Waals surface area (Å²) in [6, 6.07) is 0. The molecule has 0 bridgehead atoms. The molecular formula is C8H12O2. The van der Waals surface area contributed by atoms with Crippen LogP contribution < -0.4 is 0 Å². The van der Waals surface area contributed by atoms with E-state index in [1.165, 1.54) is 0 Å². The van der Waals surface area contributed by atoms with Crippen LogP contribution in [0.2, 0.25) is 0 Å². The van der Waals surface area contributed by atoms with Gasteiger partial charge in [0.1, 0.15) is 0 Å². The zero-order chi connectivity index (χ0) is 7.94. The van der Waals surface area contributed by atoms with Gasteiger partial charge < -0.3 is 4.74 Å². The van der Waals surface area contributed by atoms with Crippen molar-refractivity contribution in [3.8, 4) is 0 Å². The average Bonchev–Trinajstić information content (AvgIpc) is 1.82. The molecule has 0 radical (unpaired) electrons. The van der Waals surface area contributed by atoms with Gasteiger partial charge in [0.25, 0.3) is 0 Å². The number of hydrogen-bond acceptors (Lipinski definition) is 2. The summed E-state index contributed by atoms with van der Waals surface area (Å²) >= 11 is 0. The van der Waals surface area contributed by atoms with E-state index in [2.05, 4.69) is 0 Å². The molecule has 0 aromatic carbocycles. The summed E-state index contributed by atoms with van der Waals surface area (Å²) < 4.78 is 5.23. The third-order valence-corrected chi connectivity index (χ3v) is 1.56. The zero-order valence-corrected chi connectivity index (χ0v) is 6.82. The van der Waals surface area contributed by atoms with Gasteiger partial charge in [0.2, 0.25) is 5.78 Å². The van der Waals surface area contributed by atoms with Gasteiger partial charge >= 0.3 is 0 Å². The van der Waals surface area contributed by atoms with Crippen LogP contribution in [0, 0.1) is 0 Å². The van der Waals surface area contributed by atoms with Crippen molar-refractivity contribution in [2.75, 3.05) is 0 Å². The lowest BCUT2D eigenvalue weighted by molar-refractivity contribution is -0.155. The minimum Gasteiger partial charge on any atom is -0.476 e. The molecule has 0 atom stereocenters. The van der Waals surface area contributed by atoms with E-state index in [1.807, 2.05) is 13.8 Å². The van der Waals surface area contributed by atoms with Crippen LogP contribution in [0.15, 0.2) is 11.3 Å². The summed E-state index contributed by atoms with van der Waals surface area (Å²) in [5, 5.41) is 0. The van der Waals surface area contributed by atoms with Gasteiger partial charge in [-0.05, 0) is 33.3 Å². The minimum atomic E-state index is -0.563. The number of carbonyl (C=O) groups excluding carboxylic acids is 1. The van der Waals surface area contributed by atoms with Gasteiger partial charge in [-0.3, -0.25) is 4.79 Å². The molecule has 2 heteroatoms. The van der Waals surface area contributed by atoms with Crippen molar-refractivity contribution in [3.05, 3.63) is 11.3 Å². The van der Waals surface area contributed by atoms with Crippen molar-refractivity contribution < 1.29 is 9.53 Å². The molecule has 0 N–H and O–H groups in total. The van der Waals surface area contributed by atoms with E-state index < -0.39 is 5.60 Å². The van der Waals surface area contributed by atoms with Crippen LogP contribution in [0.4, 0.5) is 0 Å². The van der Waals surface area contributed by atoms with E-state index >= 15 is 0 Å². The molecule has 0 aromatic heterocycles. The molecular weight excluding hydrogens is 128 g/mol. The Morgan fingerprint density at radius 2 is 1.90 bits per heavy atom. The van der Waals surface area contributed by atoms with Crippen molar-refractivity contribution in [2.45, 2.75) is 33.3 Å². The molecule has 56 valence electrons. The van der Waals surface area contributed by atoms with E-state index in [0.29, 0.717) is 5.76 Å². The summed E-state index contributed by atoms with van der Waals surface area (Å²) in [6.07, 6.45) is 0. The molecule has 1 aliphatic heterocycles. The van der Waals surface area contributed by atoms with Crippen LogP contribution in [-0.4, -0.2) is 11.4 Å². The molecule has 0 aromatic rings. The van der Waals surface area contributed by atoms with E-state index in [0.717, 1.165) is 5.57 Å². The summed E-state index contributed by atoms with van der Waals surface area (Å²) in [4.78, 5) is 11.1. The summed E-state index contributed by atoms with van der Waals surface area (Å²) in [5.41, 5.74) is 0.399. The number of allylic oxidation sites excluding steroid dienone is 1. The highest BCUT2D eigenvalue weighted by Crippen LogP contribution is 2.32. The Balaban J connectivity index is 2.83. The van der Waals surface area contributed by atoms with Crippen molar-refractivity contribution in [2.24, 2.45) is 0 Å². The fraction of sp³-hybridized carbons (Fsp3) is 0.625. The first-order valence-corrected chi connectivity index (χ1v) is 3.36. The zero-order valence-electron chi connectivity index (χ0n) is 6.82. The number of rotatable bonds is 0. The van der Waals surface area contributed by atoms with E-state index in [4.69, 9.17) is 4.74 Å². The molecule has 1 aliphatic rings. The number of hydrogen-bond donors (Lipinski definition) is 0. The van der Waals surface area contributed by atoms with E-state index in [9.17, 15) is 4.79 Å². The number of Topliss-reactive ketones (excluding diaryl/α,β-unsaturated/α-hetero) is 1. The summed E-state index contributed by atoms with van der Waals surface area (Å²) in [5.74, 6) is 0.664. The first kappa shape index (κ1) is 7.32. The van der Waals surface area contributed by atoms with Crippen LogP contribution in [0.1, 0.15) is 27.7 Å². The molecule has 0 aliphatic carbocycles. The third kappa shape index (κ3) is 0.838. The first-order chi connectivity index (χ1) is 4.45. The quantitative estimate of drug-likeness (QED) is 0.478. The first-order valence-electron chi connectivity index (χ1n) is 3.36. The van der Waals surface area contributed by atoms with Gasteiger partial charge in [0.05, 0.1) is 0 Å². The molecule has 0 saturated carbocycles. The Bertz CT molecular complexity index is 207. The maximum atomic E-state index is 11.1. The smallest absolute Gasteiger partial charge is 0.240 e. The van der Waals surface area contributed by atoms with Crippen LogP contribution in [-0.2, 0) is 9.53 Å². The van der Waals surface area contributed by atoms with Gasteiger partial charge in [0.15, 0.2) is 11.4 Å². The molecule has 10 heavy (non-hydrogen) atoms. The van der Waals surface area contributed by atoms with Gasteiger partial charge in [-0.2, -0.15) is 0 Å². The van der Waals surface area contributed by atoms with E-state index in [1.54, 1.807) is 13.8 Å². The third-order valence-electron chi connectivity index (χ3n) is 1.56. The standard InChI is InChI=1S/C8H12O2/c1-5(2)6-7(9)8(3,4)10-6/h1-4H3. The minimum absolute atomic E-state index is 0.118. The van der Waals surface area contributed by atoms with Crippen molar-refractivity contribution >= 4 is 5.78 Å². The number of carbonyl (C=O) groups is 1. The van der Waals surface area contributed by atoms with Gasteiger partial charge in [-0.1, -0.05) is 0 Å². The number of ether oxygens (including phenoxy) is 1. The molecule has 0 unspecified atom stereocenters. The lowest BCUT2D eigenvalue weighted by Gasteiger charge is -2.36. The monoisotopic (exact) mass is 140 g/mol. The summed E-state index contributed by atoms with van der Waals surface area (Å²) in [7, 11) is 0. The van der Waals surface area contributed by atoms with Crippen LogP contribution in [0.3, 0.4) is 0 Å². The molecule has 0 spiro atoms. The second kappa shape index (κ2) is 1.84. The Kier molecular flexibility index (Phi) is 1.35. The molecule has 1 rings (SSSR count). The second-order valence-corrected chi connectivity index (χ2v) is 3.27. The van der Waals surface area contributed by atoms with Gasteiger partial charge in [-0.15, -0.1) is 0 Å². The average molecular weight is 140 g/mol. The highest BCUT2D eigenvalue weighted by molar-refractivity contribution is 6.05. The van der Waals surface area contributed by atoms with E-state index in [-0.39, 0.29) is 5.78 Å². The van der Waals surface area contributed by atoms with Crippen LogP contribution >= 0.6 is 0 Å². The molecule has 1 heterocycles. The molecule has 1 fully saturated rings. The van der Waals surface area contributed by atoms with Crippen molar-refractivity contribution in [1.82, 2.24) is 0 Å². The predicted molar refractivity (Wildman–Crippen MR) is 38.5 cm³/mol. The Morgan fingerprint density at radius 3 is 2.00 bits per heavy atom. The SMILES string of the molecule is CC(C)=C1OC(C)(C)C1=O. The Morgan fingerprint density at radius 1 is 1.40 bits per heavy atom. The predicted octanol–water partition coefficient (Wildman–Crippen LogP) is 1.66. The van der Waals surface area contributed by atoms with Gasteiger partial charge in [0, 0.05) is 0 Å². The topological polar surface area (TPSA) is 26.3 Å². The maximum Gasteiger partial charge on any atom is 0.240 e. The fourth-order valence-corrected chi connectivity index (χ4v) is 0.904. The van der Waals surface area contributed by atoms with Crippen LogP contribution in [0.5, 0.6) is 0 Å². The van der Waals surface area contributed by atoms with Crippen LogP contribution in [0.25, 0.3) is 0 Å². The Labute approximate surface area is 60.9 Å². The molecule has 0 amide bonds. The highest BCUT2D eigenvalue weighted by Gasteiger charge is 2.44. The largest absolute Gasteiger partial charge is 0.476 e. The van der Waals surface area contributed by atoms with Crippen molar-refractivity contribution in [3.63, 3.8) is 0 Å². The lowest BCUT2D eigenvalue weighted by atomic mass is 9.93. The van der Waals surface area contributed by atoms with Gasteiger partial charge in [-0.25, -0.2) is 0 Å². The maximum absolute atomic E-state index is 11.1. The fourth-order valence-electron chi connectivity index (χ4n) is 0.904. The normalized spacial score (nSPS) is 21.6. The molecule has 2 nitrogen and oxygen atoms in total. The summed E-state index contributed by atoms with van der Waals surface area (Å²) in [6.45, 7) is 7.31. The lowest BCUT2D eigenvalue weighted by Crippen LogP contribution is -2.47. The van der Waals surface area contributed by atoms with Crippen molar-refractivity contribution in [1.29, 1.82) is 0 Å². The Hall–Kier alpha value is -0.790. The second-order valence-electron chi connectivity index (χ2n) is 3.27. The molecule has 1 saturated heterocycles. The number of ketones is 1.